The third kappa shape index (κ3) is 4.37. The van der Waals surface area contributed by atoms with Crippen LogP contribution >= 0.6 is 0 Å². The summed E-state index contributed by atoms with van der Waals surface area (Å²) in [6, 6.07) is 14.8. The molecule has 0 unspecified atom stereocenters. The van der Waals surface area contributed by atoms with Crippen molar-refractivity contribution < 1.29 is 13.2 Å². The van der Waals surface area contributed by atoms with Crippen molar-refractivity contribution in [3.05, 3.63) is 60.2 Å². The lowest BCUT2D eigenvalue weighted by atomic mass is 10.2. The Morgan fingerprint density at radius 1 is 0.960 bits per heavy atom. The quantitative estimate of drug-likeness (QED) is 0.874. The number of carbonyl (C=O) groups excluding carboxylic acids is 1. The second-order valence-corrected chi connectivity index (χ2v) is 7.57. The summed E-state index contributed by atoms with van der Waals surface area (Å²) in [5.74, 6) is -0.0660. The van der Waals surface area contributed by atoms with E-state index in [1.54, 1.807) is 41.3 Å². The molecule has 1 heterocycles. The van der Waals surface area contributed by atoms with Gasteiger partial charge in [-0.2, -0.15) is 0 Å². The Labute approximate surface area is 147 Å². The van der Waals surface area contributed by atoms with Crippen LogP contribution in [0.4, 0.5) is 5.69 Å². The van der Waals surface area contributed by atoms with Crippen LogP contribution in [-0.2, 0) is 10.0 Å². The normalized spacial score (nSPS) is 15.4. The van der Waals surface area contributed by atoms with Crippen molar-refractivity contribution in [1.29, 1.82) is 0 Å². The van der Waals surface area contributed by atoms with Crippen LogP contribution in [0.2, 0.25) is 0 Å². The predicted molar refractivity (Wildman–Crippen MR) is 97.1 cm³/mol. The molecule has 2 N–H and O–H groups in total. The maximum Gasteiger partial charge on any atom is 0.261 e. The third-order valence-electron chi connectivity index (χ3n) is 4.06. The highest BCUT2D eigenvalue weighted by Gasteiger charge is 2.19. The van der Waals surface area contributed by atoms with Crippen LogP contribution in [0.5, 0.6) is 0 Å². The van der Waals surface area contributed by atoms with Gasteiger partial charge in [-0.15, -0.1) is 0 Å². The van der Waals surface area contributed by atoms with Crippen molar-refractivity contribution in [2.75, 3.05) is 30.9 Å². The van der Waals surface area contributed by atoms with Crippen molar-refractivity contribution in [2.45, 2.75) is 11.3 Å². The van der Waals surface area contributed by atoms with Gasteiger partial charge in [-0.1, -0.05) is 18.2 Å². The Hall–Kier alpha value is -2.38. The van der Waals surface area contributed by atoms with E-state index in [4.69, 9.17) is 0 Å². The van der Waals surface area contributed by atoms with E-state index in [1.807, 2.05) is 6.07 Å². The molecule has 1 fully saturated rings. The number of rotatable bonds is 4. The average molecular weight is 359 g/mol. The molecule has 0 saturated carbocycles. The first-order chi connectivity index (χ1) is 12.1. The molecule has 1 amide bonds. The van der Waals surface area contributed by atoms with Crippen LogP contribution in [0.15, 0.2) is 59.5 Å². The summed E-state index contributed by atoms with van der Waals surface area (Å²) in [5, 5.41) is 3.25. The van der Waals surface area contributed by atoms with E-state index in [2.05, 4.69) is 10.0 Å². The zero-order valence-electron chi connectivity index (χ0n) is 13.8. The fourth-order valence-electron chi connectivity index (χ4n) is 2.73. The van der Waals surface area contributed by atoms with Crippen molar-refractivity contribution in [3.8, 4) is 0 Å². The van der Waals surface area contributed by atoms with E-state index in [0.29, 0.717) is 24.3 Å². The number of para-hydroxylation sites is 1. The molecule has 1 saturated heterocycles. The number of carbonyl (C=O) groups is 1. The first-order valence-electron chi connectivity index (χ1n) is 8.24. The first kappa shape index (κ1) is 17.4. The molecule has 7 heteroatoms. The second kappa shape index (κ2) is 7.67. The van der Waals surface area contributed by atoms with E-state index in [-0.39, 0.29) is 10.8 Å². The number of sulfonamides is 1. The molecular weight excluding hydrogens is 338 g/mol. The first-order valence-corrected chi connectivity index (χ1v) is 9.72. The smallest absolute Gasteiger partial charge is 0.261 e. The zero-order chi connectivity index (χ0) is 17.7. The second-order valence-electron chi connectivity index (χ2n) is 5.89. The Bertz CT molecular complexity index is 812. The largest absolute Gasteiger partial charge is 0.337 e. The Morgan fingerprint density at radius 2 is 1.68 bits per heavy atom. The molecule has 1 aliphatic heterocycles. The van der Waals surface area contributed by atoms with Gasteiger partial charge in [0.25, 0.3) is 15.9 Å². The fourth-order valence-corrected chi connectivity index (χ4v) is 3.79. The SMILES string of the molecule is O=C(c1ccc(S(=O)(=O)Nc2ccccc2)cc1)N1CCCNCC1. The van der Waals surface area contributed by atoms with Gasteiger partial charge < -0.3 is 10.2 Å². The Morgan fingerprint density at radius 3 is 2.40 bits per heavy atom. The molecule has 0 atom stereocenters. The van der Waals surface area contributed by atoms with Crippen LogP contribution < -0.4 is 10.0 Å². The summed E-state index contributed by atoms with van der Waals surface area (Å²) in [6.45, 7) is 3.06. The summed E-state index contributed by atoms with van der Waals surface area (Å²) in [6.07, 6.45) is 0.916. The monoisotopic (exact) mass is 359 g/mol. The molecule has 1 aliphatic rings. The molecule has 0 aliphatic carbocycles. The van der Waals surface area contributed by atoms with Crippen LogP contribution in [-0.4, -0.2) is 45.4 Å². The summed E-state index contributed by atoms with van der Waals surface area (Å²) < 4.78 is 27.4. The standard InChI is InChI=1S/C18H21N3O3S/c22-18(21-13-4-11-19-12-14-21)15-7-9-17(10-8-15)25(23,24)20-16-5-2-1-3-6-16/h1-3,5-10,19-20H,4,11-14H2. The lowest BCUT2D eigenvalue weighted by Gasteiger charge is -2.20. The minimum absolute atomic E-state index is 0.0660. The molecule has 0 radical (unpaired) electrons. The fraction of sp³-hybridized carbons (Fsp3) is 0.278. The maximum absolute atomic E-state index is 12.5. The van der Waals surface area contributed by atoms with Gasteiger partial charge in [-0.05, 0) is 49.4 Å². The lowest BCUT2D eigenvalue weighted by Crippen LogP contribution is -2.34. The maximum atomic E-state index is 12.5. The number of nitrogens with zero attached hydrogens (tertiary/aromatic N) is 1. The number of amides is 1. The van der Waals surface area contributed by atoms with E-state index in [9.17, 15) is 13.2 Å². The van der Waals surface area contributed by atoms with Crippen LogP contribution in [0.3, 0.4) is 0 Å². The molecule has 0 bridgehead atoms. The Balaban J connectivity index is 1.74. The Kier molecular flexibility index (Phi) is 5.35. The molecule has 132 valence electrons. The molecule has 0 aromatic heterocycles. The minimum atomic E-state index is -3.67. The van der Waals surface area contributed by atoms with E-state index in [1.165, 1.54) is 12.1 Å². The minimum Gasteiger partial charge on any atom is -0.337 e. The van der Waals surface area contributed by atoms with Gasteiger partial charge in [0.15, 0.2) is 0 Å². The summed E-state index contributed by atoms with van der Waals surface area (Å²) in [5.41, 5.74) is 1.00. The number of hydrogen-bond acceptors (Lipinski definition) is 4. The molecule has 25 heavy (non-hydrogen) atoms. The number of benzene rings is 2. The van der Waals surface area contributed by atoms with Crippen LogP contribution in [0.1, 0.15) is 16.8 Å². The summed E-state index contributed by atoms with van der Waals surface area (Å²) in [4.78, 5) is 14.5. The van der Waals surface area contributed by atoms with Crippen molar-refractivity contribution in [1.82, 2.24) is 10.2 Å². The topological polar surface area (TPSA) is 78.5 Å². The highest BCUT2D eigenvalue weighted by atomic mass is 32.2. The van der Waals surface area contributed by atoms with E-state index < -0.39 is 10.0 Å². The van der Waals surface area contributed by atoms with Gasteiger partial charge in [-0.25, -0.2) is 8.42 Å². The van der Waals surface area contributed by atoms with Crippen LogP contribution in [0.25, 0.3) is 0 Å². The summed E-state index contributed by atoms with van der Waals surface area (Å²) >= 11 is 0. The van der Waals surface area contributed by atoms with Crippen molar-refractivity contribution >= 4 is 21.6 Å². The van der Waals surface area contributed by atoms with Gasteiger partial charge in [0.05, 0.1) is 4.90 Å². The molecule has 2 aromatic carbocycles. The predicted octanol–water partition coefficient (Wildman–Crippen LogP) is 1.92. The highest BCUT2D eigenvalue weighted by molar-refractivity contribution is 7.92. The third-order valence-corrected chi connectivity index (χ3v) is 5.46. The highest BCUT2D eigenvalue weighted by Crippen LogP contribution is 2.17. The van der Waals surface area contributed by atoms with Gasteiger partial charge in [0, 0.05) is 30.9 Å². The molecular formula is C18H21N3O3S. The van der Waals surface area contributed by atoms with Crippen molar-refractivity contribution in [3.63, 3.8) is 0 Å². The lowest BCUT2D eigenvalue weighted by molar-refractivity contribution is 0.0766. The molecule has 3 rings (SSSR count). The zero-order valence-corrected chi connectivity index (χ0v) is 14.6. The van der Waals surface area contributed by atoms with Gasteiger partial charge >= 0.3 is 0 Å². The van der Waals surface area contributed by atoms with E-state index in [0.717, 1.165) is 19.5 Å². The average Bonchev–Trinajstić information content (AvgIpc) is 2.91. The summed E-state index contributed by atoms with van der Waals surface area (Å²) in [7, 11) is -3.67. The van der Waals surface area contributed by atoms with Crippen LogP contribution in [0, 0.1) is 0 Å². The van der Waals surface area contributed by atoms with E-state index >= 15 is 0 Å². The van der Waals surface area contributed by atoms with Crippen molar-refractivity contribution in [2.24, 2.45) is 0 Å². The molecule has 6 nitrogen and oxygen atoms in total. The molecule has 0 spiro atoms. The number of hydrogen-bond donors (Lipinski definition) is 2. The number of nitrogens with one attached hydrogen (secondary N) is 2. The van der Waals surface area contributed by atoms with Gasteiger partial charge in [-0.3, -0.25) is 9.52 Å². The van der Waals surface area contributed by atoms with Gasteiger partial charge in [0.1, 0.15) is 0 Å². The molecule has 2 aromatic rings. The van der Waals surface area contributed by atoms with Gasteiger partial charge in [0.2, 0.25) is 0 Å². The number of anilines is 1.